The number of hydrogen-bond donors (Lipinski definition) is 2. The van der Waals surface area contributed by atoms with Crippen molar-refractivity contribution >= 4 is 28.7 Å². The van der Waals surface area contributed by atoms with Crippen molar-refractivity contribution in [2.45, 2.75) is 18.9 Å². The molecule has 166 valence electrons. The van der Waals surface area contributed by atoms with Gasteiger partial charge in [-0.25, -0.2) is 4.39 Å². The number of nitrogens with one attached hydrogen (secondary N) is 2. The number of halogens is 1. The van der Waals surface area contributed by atoms with Crippen molar-refractivity contribution in [2.24, 2.45) is 0 Å². The van der Waals surface area contributed by atoms with Gasteiger partial charge in [0, 0.05) is 38.3 Å². The predicted molar refractivity (Wildman–Crippen MR) is 126 cm³/mol. The van der Waals surface area contributed by atoms with Crippen LogP contribution in [0.4, 0.5) is 10.1 Å². The molecular weight excluding hydrogens is 425 g/mol. The lowest BCUT2D eigenvalue weighted by atomic mass is 9.96. The molecule has 32 heavy (non-hydrogen) atoms. The van der Waals surface area contributed by atoms with Gasteiger partial charge in [0.25, 0.3) is 5.91 Å². The van der Waals surface area contributed by atoms with Crippen LogP contribution in [0.1, 0.15) is 20.8 Å². The van der Waals surface area contributed by atoms with Crippen LogP contribution in [0, 0.1) is 5.82 Å². The molecule has 1 unspecified atom stereocenters. The normalized spacial score (nSPS) is 14.7. The van der Waals surface area contributed by atoms with Gasteiger partial charge in [-0.3, -0.25) is 9.59 Å². The first-order chi connectivity index (χ1) is 15.6. The summed E-state index contributed by atoms with van der Waals surface area (Å²) in [4.78, 5) is 28.8. The third kappa shape index (κ3) is 5.60. The van der Waals surface area contributed by atoms with E-state index in [0.717, 1.165) is 37.4 Å². The van der Waals surface area contributed by atoms with E-state index < -0.39 is 6.04 Å². The monoisotopic (exact) mass is 451 g/mol. The average molecular weight is 452 g/mol. The molecule has 1 saturated heterocycles. The summed E-state index contributed by atoms with van der Waals surface area (Å²) >= 11 is 1.33. The maximum Gasteiger partial charge on any atom is 0.261 e. The quantitative estimate of drug-likeness (QED) is 0.551. The molecule has 0 spiro atoms. The number of anilines is 1. The van der Waals surface area contributed by atoms with Crippen LogP contribution in [0.15, 0.2) is 66.0 Å². The van der Waals surface area contributed by atoms with E-state index in [9.17, 15) is 14.0 Å². The van der Waals surface area contributed by atoms with Crippen LogP contribution in [0.25, 0.3) is 0 Å². The van der Waals surface area contributed by atoms with E-state index in [2.05, 4.69) is 15.5 Å². The largest absolute Gasteiger partial charge is 0.369 e. The molecule has 1 aliphatic heterocycles. The van der Waals surface area contributed by atoms with Gasteiger partial charge in [-0.1, -0.05) is 36.4 Å². The summed E-state index contributed by atoms with van der Waals surface area (Å²) in [6, 6.07) is 17.1. The van der Waals surface area contributed by atoms with Crippen LogP contribution in [-0.2, 0) is 17.6 Å². The Kier molecular flexibility index (Phi) is 7.29. The number of nitrogens with zero attached hydrogens (tertiary/aromatic N) is 1. The van der Waals surface area contributed by atoms with Gasteiger partial charge in [-0.2, -0.15) is 0 Å². The fourth-order valence-corrected chi connectivity index (χ4v) is 4.58. The van der Waals surface area contributed by atoms with Gasteiger partial charge in [-0.15, -0.1) is 11.3 Å². The summed E-state index contributed by atoms with van der Waals surface area (Å²) in [6.07, 6.45) is 0.439. The zero-order valence-corrected chi connectivity index (χ0v) is 18.5. The van der Waals surface area contributed by atoms with Crippen molar-refractivity contribution in [1.29, 1.82) is 0 Å². The standard InChI is InChI=1S/C25H26FN3O2S/c26-20-8-9-22(29-12-10-27-11-13-29)19(16-20)17-23(30)21(15-18-5-2-1-3-6-18)28-25(31)24-7-4-14-32-24/h1-9,14,16,21,27H,10-13,15,17H2,(H,28,31). The minimum atomic E-state index is -0.703. The highest BCUT2D eigenvalue weighted by Crippen LogP contribution is 2.24. The van der Waals surface area contributed by atoms with Gasteiger partial charge in [0.2, 0.25) is 0 Å². The Morgan fingerprint density at radius 3 is 2.56 bits per heavy atom. The van der Waals surface area contributed by atoms with Crippen molar-refractivity contribution in [3.63, 3.8) is 0 Å². The highest BCUT2D eigenvalue weighted by atomic mass is 32.1. The fourth-order valence-electron chi connectivity index (χ4n) is 3.95. The van der Waals surface area contributed by atoms with Crippen LogP contribution < -0.4 is 15.5 Å². The molecule has 0 radical (unpaired) electrons. The molecule has 0 aliphatic carbocycles. The van der Waals surface area contributed by atoms with Crippen LogP contribution >= 0.6 is 11.3 Å². The third-order valence-corrected chi connectivity index (χ3v) is 6.45. The summed E-state index contributed by atoms with van der Waals surface area (Å²) < 4.78 is 14.1. The second-order valence-corrected chi connectivity index (χ2v) is 8.79. The van der Waals surface area contributed by atoms with Crippen LogP contribution in [-0.4, -0.2) is 43.9 Å². The van der Waals surface area contributed by atoms with Gasteiger partial charge in [0.15, 0.2) is 5.78 Å². The van der Waals surface area contributed by atoms with Crippen LogP contribution in [0.5, 0.6) is 0 Å². The number of hydrogen-bond acceptors (Lipinski definition) is 5. The first-order valence-corrected chi connectivity index (χ1v) is 11.6. The van der Waals surface area contributed by atoms with Crippen LogP contribution in [0.3, 0.4) is 0 Å². The molecule has 3 aromatic rings. The fraction of sp³-hybridized carbons (Fsp3) is 0.280. The Labute approximate surface area is 191 Å². The molecule has 0 bridgehead atoms. The number of benzene rings is 2. The molecule has 2 aromatic carbocycles. The Morgan fingerprint density at radius 2 is 1.84 bits per heavy atom. The molecule has 4 rings (SSSR count). The highest BCUT2D eigenvalue weighted by molar-refractivity contribution is 7.12. The van der Waals surface area contributed by atoms with E-state index in [4.69, 9.17) is 0 Å². The van der Waals surface area contributed by atoms with Crippen molar-refractivity contribution in [1.82, 2.24) is 10.6 Å². The Hall–Kier alpha value is -3.03. The number of carbonyl (C=O) groups is 2. The number of Topliss-reactive ketones (excluding diaryl/α,β-unsaturated/α-hetero) is 1. The van der Waals surface area contributed by atoms with Crippen molar-refractivity contribution in [3.8, 4) is 0 Å². The lowest BCUT2D eigenvalue weighted by molar-refractivity contribution is -0.120. The number of carbonyl (C=O) groups excluding carboxylic acids is 2. The smallest absolute Gasteiger partial charge is 0.261 e. The van der Waals surface area contributed by atoms with E-state index in [-0.39, 0.29) is 23.9 Å². The molecule has 1 aliphatic rings. The first-order valence-electron chi connectivity index (χ1n) is 10.8. The predicted octanol–water partition coefficient (Wildman–Crippen LogP) is 3.45. The van der Waals surface area contributed by atoms with Crippen molar-refractivity contribution < 1.29 is 14.0 Å². The topological polar surface area (TPSA) is 61.4 Å². The number of ketones is 1. The second-order valence-electron chi connectivity index (χ2n) is 7.85. The third-order valence-electron chi connectivity index (χ3n) is 5.59. The van der Waals surface area contributed by atoms with Gasteiger partial charge < -0.3 is 15.5 Å². The molecule has 5 nitrogen and oxygen atoms in total. The maximum atomic E-state index is 14.1. The number of thiophene rings is 1. The van der Waals surface area contributed by atoms with Crippen molar-refractivity contribution in [3.05, 3.63) is 87.9 Å². The maximum absolute atomic E-state index is 14.1. The van der Waals surface area contributed by atoms with E-state index in [0.29, 0.717) is 16.9 Å². The zero-order chi connectivity index (χ0) is 22.3. The minimum Gasteiger partial charge on any atom is -0.369 e. The Bertz CT molecular complexity index is 1050. The molecule has 7 heteroatoms. The number of piperazine rings is 1. The van der Waals surface area contributed by atoms with Gasteiger partial charge in [0.1, 0.15) is 5.82 Å². The molecule has 1 amide bonds. The second kappa shape index (κ2) is 10.5. The minimum absolute atomic E-state index is 0.0548. The SMILES string of the molecule is O=C(NC(Cc1ccccc1)C(=O)Cc1cc(F)ccc1N1CCNCC1)c1cccs1. The summed E-state index contributed by atoms with van der Waals surface area (Å²) in [5, 5.41) is 8.04. The summed E-state index contributed by atoms with van der Waals surface area (Å²) in [5.74, 6) is -0.773. The van der Waals surface area contributed by atoms with E-state index in [1.54, 1.807) is 18.2 Å². The molecule has 2 heterocycles. The molecule has 1 aromatic heterocycles. The molecule has 1 atom stereocenters. The average Bonchev–Trinajstić information content (AvgIpc) is 3.35. The van der Waals surface area contributed by atoms with Gasteiger partial charge >= 0.3 is 0 Å². The van der Waals surface area contributed by atoms with E-state index >= 15 is 0 Å². The van der Waals surface area contributed by atoms with Crippen LogP contribution in [0.2, 0.25) is 0 Å². The number of rotatable bonds is 8. The Balaban J connectivity index is 1.56. The molecule has 1 fully saturated rings. The number of amides is 1. The highest BCUT2D eigenvalue weighted by Gasteiger charge is 2.25. The first kappa shape index (κ1) is 22.2. The summed E-state index contributed by atoms with van der Waals surface area (Å²) in [7, 11) is 0. The molecule has 2 N–H and O–H groups in total. The van der Waals surface area contributed by atoms with Gasteiger partial charge in [0.05, 0.1) is 10.9 Å². The van der Waals surface area contributed by atoms with E-state index in [1.165, 1.54) is 23.5 Å². The lowest BCUT2D eigenvalue weighted by Crippen LogP contribution is -2.45. The van der Waals surface area contributed by atoms with Crippen molar-refractivity contribution in [2.75, 3.05) is 31.1 Å². The lowest BCUT2D eigenvalue weighted by Gasteiger charge is -2.31. The molecular formula is C25H26FN3O2S. The Morgan fingerprint density at radius 1 is 1.06 bits per heavy atom. The summed E-state index contributed by atoms with van der Waals surface area (Å²) in [5.41, 5.74) is 2.49. The molecule has 0 saturated carbocycles. The zero-order valence-electron chi connectivity index (χ0n) is 17.7. The van der Waals surface area contributed by atoms with E-state index in [1.807, 2.05) is 35.7 Å². The summed E-state index contributed by atoms with van der Waals surface area (Å²) in [6.45, 7) is 3.29. The van der Waals surface area contributed by atoms with Gasteiger partial charge in [-0.05, 0) is 47.2 Å².